The Kier molecular flexibility index (Phi) is 3.99. The largest absolute Gasteiger partial charge is 0.263 e. The van der Waals surface area contributed by atoms with E-state index in [0.717, 1.165) is 24.4 Å². The van der Waals surface area contributed by atoms with E-state index in [2.05, 4.69) is 17.0 Å². The van der Waals surface area contributed by atoms with E-state index in [1.54, 1.807) is 18.5 Å². The SMILES string of the molecule is CCCn1nccc1-c1ccc(CS(C)(=O)=O)cn1. The Morgan fingerprint density at radius 1 is 1.26 bits per heavy atom. The van der Waals surface area contributed by atoms with Crippen LogP contribution in [0.25, 0.3) is 11.4 Å². The Balaban J connectivity index is 2.25. The molecule has 2 rings (SSSR count). The summed E-state index contributed by atoms with van der Waals surface area (Å²) >= 11 is 0. The highest BCUT2D eigenvalue weighted by Crippen LogP contribution is 2.17. The highest BCUT2D eigenvalue weighted by Gasteiger charge is 2.08. The summed E-state index contributed by atoms with van der Waals surface area (Å²) in [6, 6.07) is 5.55. The van der Waals surface area contributed by atoms with Gasteiger partial charge >= 0.3 is 0 Å². The van der Waals surface area contributed by atoms with Gasteiger partial charge in [-0.3, -0.25) is 9.67 Å². The number of sulfone groups is 1. The van der Waals surface area contributed by atoms with Gasteiger partial charge in [-0.15, -0.1) is 0 Å². The first kappa shape index (κ1) is 13.7. The summed E-state index contributed by atoms with van der Waals surface area (Å²) in [6.07, 6.45) is 5.58. The third-order valence-corrected chi connectivity index (χ3v) is 3.53. The number of hydrogen-bond donors (Lipinski definition) is 0. The Hall–Kier alpha value is -1.69. The number of nitrogens with zero attached hydrogens (tertiary/aromatic N) is 3. The van der Waals surface area contributed by atoms with Gasteiger partial charge in [0.25, 0.3) is 0 Å². The summed E-state index contributed by atoms with van der Waals surface area (Å²) in [5, 5.41) is 4.24. The molecular formula is C13H17N3O2S. The fraction of sp³-hybridized carbons (Fsp3) is 0.385. The smallest absolute Gasteiger partial charge is 0.151 e. The fourth-order valence-electron chi connectivity index (χ4n) is 1.90. The number of aromatic nitrogens is 3. The highest BCUT2D eigenvalue weighted by atomic mass is 32.2. The predicted octanol–water partition coefficient (Wildman–Crippen LogP) is 1.90. The maximum atomic E-state index is 11.2. The molecule has 0 N–H and O–H groups in total. The van der Waals surface area contributed by atoms with Crippen LogP contribution >= 0.6 is 0 Å². The predicted molar refractivity (Wildman–Crippen MR) is 74.3 cm³/mol. The minimum atomic E-state index is -3.02. The number of rotatable bonds is 5. The van der Waals surface area contributed by atoms with Crippen LogP contribution in [0.1, 0.15) is 18.9 Å². The maximum absolute atomic E-state index is 11.2. The molecule has 0 aliphatic heterocycles. The molecule has 2 aromatic heterocycles. The molecule has 5 nitrogen and oxygen atoms in total. The van der Waals surface area contributed by atoms with E-state index in [4.69, 9.17) is 0 Å². The molecule has 0 aliphatic carbocycles. The molecule has 0 bridgehead atoms. The molecular weight excluding hydrogens is 262 g/mol. The number of pyridine rings is 1. The van der Waals surface area contributed by atoms with Crippen LogP contribution in [-0.4, -0.2) is 29.4 Å². The van der Waals surface area contributed by atoms with Gasteiger partial charge < -0.3 is 0 Å². The average molecular weight is 279 g/mol. The summed E-state index contributed by atoms with van der Waals surface area (Å²) in [5.74, 6) is 0.0223. The van der Waals surface area contributed by atoms with Crippen molar-refractivity contribution in [2.75, 3.05) is 6.26 Å². The van der Waals surface area contributed by atoms with Gasteiger partial charge in [-0.05, 0) is 24.1 Å². The quantitative estimate of drug-likeness (QED) is 0.838. The first-order valence-corrected chi connectivity index (χ1v) is 8.20. The van der Waals surface area contributed by atoms with Gasteiger partial charge in [0.15, 0.2) is 9.84 Å². The lowest BCUT2D eigenvalue weighted by atomic mass is 10.2. The Labute approximate surface area is 113 Å². The maximum Gasteiger partial charge on any atom is 0.151 e. The Morgan fingerprint density at radius 2 is 2.05 bits per heavy atom. The fourth-order valence-corrected chi connectivity index (χ4v) is 2.68. The Bertz CT molecular complexity index is 645. The van der Waals surface area contributed by atoms with Crippen LogP contribution < -0.4 is 0 Å². The van der Waals surface area contributed by atoms with Crippen molar-refractivity contribution >= 4 is 9.84 Å². The van der Waals surface area contributed by atoms with Crippen molar-refractivity contribution in [1.82, 2.24) is 14.8 Å². The molecule has 0 unspecified atom stereocenters. The van der Waals surface area contributed by atoms with Crippen LogP contribution in [0, 0.1) is 0 Å². The molecule has 0 amide bonds. The van der Waals surface area contributed by atoms with Gasteiger partial charge in [-0.2, -0.15) is 5.10 Å². The van der Waals surface area contributed by atoms with Crippen molar-refractivity contribution in [2.45, 2.75) is 25.6 Å². The van der Waals surface area contributed by atoms with Gasteiger partial charge in [-0.1, -0.05) is 13.0 Å². The third kappa shape index (κ3) is 3.64. The third-order valence-electron chi connectivity index (χ3n) is 2.67. The molecule has 0 saturated carbocycles. The molecule has 6 heteroatoms. The lowest BCUT2D eigenvalue weighted by Gasteiger charge is -2.06. The summed E-state index contributed by atoms with van der Waals surface area (Å²) in [5.41, 5.74) is 2.46. The van der Waals surface area contributed by atoms with Gasteiger partial charge in [0.1, 0.15) is 0 Å². The molecule has 2 aromatic rings. The molecule has 0 aromatic carbocycles. The van der Waals surface area contributed by atoms with Crippen molar-refractivity contribution in [1.29, 1.82) is 0 Å². The van der Waals surface area contributed by atoms with Crippen molar-refractivity contribution in [3.05, 3.63) is 36.2 Å². The lowest BCUT2D eigenvalue weighted by molar-refractivity contribution is 0.601. The zero-order valence-corrected chi connectivity index (χ0v) is 11.9. The van der Waals surface area contributed by atoms with E-state index in [0.29, 0.717) is 5.56 Å². The summed E-state index contributed by atoms with van der Waals surface area (Å²) in [6.45, 7) is 2.93. The van der Waals surface area contributed by atoms with E-state index >= 15 is 0 Å². The first-order chi connectivity index (χ1) is 8.99. The van der Waals surface area contributed by atoms with Crippen LogP contribution in [-0.2, 0) is 22.1 Å². The molecule has 0 fully saturated rings. The van der Waals surface area contributed by atoms with Crippen LogP contribution in [0.3, 0.4) is 0 Å². The number of aryl methyl sites for hydroxylation is 1. The molecule has 0 spiro atoms. The van der Waals surface area contributed by atoms with Gasteiger partial charge in [0.2, 0.25) is 0 Å². The molecule has 0 radical (unpaired) electrons. The normalized spacial score (nSPS) is 11.7. The second-order valence-electron chi connectivity index (χ2n) is 4.56. The zero-order chi connectivity index (χ0) is 13.9. The van der Waals surface area contributed by atoms with Crippen LogP contribution in [0.15, 0.2) is 30.6 Å². The second-order valence-corrected chi connectivity index (χ2v) is 6.70. The molecule has 2 heterocycles. The van der Waals surface area contributed by atoms with Crippen molar-refractivity contribution < 1.29 is 8.42 Å². The van der Waals surface area contributed by atoms with Gasteiger partial charge in [0, 0.05) is 25.2 Å². The minimum absolute atomic E-state index is 0.0223. The van der Waals surface area contributed by atoms with Crippen molar-refractivity contribution in [2.24, 2.45) is 0 Å². The number of hydrogen-bond acceptors (Lipinski definition) is 4. The van der Waals surface area contributed by atoms with Crippen LogP contribution in [0.5, 0.6) is 0 Å². The van der Waals surface area contributed by atoms with E-state index in [-0.39, 0.29) is 5.75 Å². The Morgan fingerprint density at radius 3 is 2.63 bits per heavy atom. The zero-order valence-electron chi connectivity index (χ0n) is 11.1. The van der Waals surface area contributed by atoms with Crippen LogP contribution in [0.4, 0.5) is 0 Å². The van der Waals surface area contributed by atoms with E-state index in [9.17, 15) is 8.42 Å². The summed E-state index contributed by atoms with van der Waals surface area (Å²) in [7, 11) is -3.02. The molecule has 0 saturated heterocycles. The molecule has 19 heavy (non-hydrogen) atoms. The van der Waals surface area contributed by atoms with Gasteiger partial charge in [-0.25, -0.2) is 8.42 Å². The first-order valence-electron chi connectivity index (χ1n) is 6.14. The monoisotopic (exact) mass is 279 g/mol. The minimum Gasteiger partial charge on any atom is -0.263 e. The van der Waals surface area contributed by atoms with E-state index < -0.39 is 9.84 Å². The highest BCUT2D eigenvalue weighted by molar-refractivity contribution is 7.89. The lowest BCUT2D eigenvalue weighted by Crippen LogP contribution is -2.03. The topological polar surface area (TPSA) is 64.8 Å². The molecule has 0 atom stereocenters. The second kappa shape index (κ2) is 5.52. The molecule has 0 aliphatic rings. The van der Waals surface area contributed by atoms with Crippen molar-refractivity contribution in [3.63, 3.8) is 0 Å². The standard InChI is InChI=1S/C13H17N3O2S/c1-3-8-16-13(6-7-15-16)12-5-4-11(9-14-12)10-19(2,17)18/h4-7,9H,3,8,10H2,1-2H3. The van der Waals surface area contributed by atoms with Crippen LogP contribution in [0.2, 0.25) is 0 Å². The van der Waals surface area contributed by atoms with E-state index in [1.165, 1.54) is 6.26 Å². The molecule has 102 valence electrons. The summed E-state index contributed by atoms with van der Waals surface area (Å²) in [4.78, 5) is 4.32. The van der Waals surface area contributed by atoms with Gasteiger partial charge in [0.05, 0.1) is 17.1 Å². The summed E-state index contributed by atoms with van der Waals surface area (Å²) < 4.78 is 24.3. The van der Waals surface area contributed by atoms with E-state index in [1.807, 2.05) is 16.8 Å². The average Bonchev–Trinajstić information content (AvgIpc) is 2.77. The van der Waals surface area contributed by atoms with Crippen molar-refractivity contribution in [3.8, 4) is 11.4 Å².